The van der Waals surface area contributed by atoms with E-state index in [0.717, 1.165) is 48.4 Å². The smallest absolute Gasteiger partial charge is 0.330 e. The van der Waals surface area contributed by atoms with E-state index in [1.165, 1.54) is 4.57 Å². The van der Waals surface area contributed by atoms with Crippen LogP contribution in [0.5, 0.6) is 0 Å². The number of amides is 1. The van der Waals surface area contributed by atoms with Gasteiger partial charge in [-0.15, -0.1) is 0 Å². The predicted molar refractivity (Wildman–Crippen MR) is 173 cm³/mol. The molecular formula is C33H45N7O3. The third-order valence-electron chi connectivity index (χ3n) is 7.61. The molecule has 0 fully saturated rings. The molecule has 2 aromatic heterocycles. The molecule has 43 heavy (non-hydrogen) atoms. The van der Waals surface area contributed by atoms with Crippen molar-refractivity contribution in [3.63, 3.8) is 0 Å². The molecule has 0 unspecified atom stereocenters. The van der Waals surface area contributed by atoms with E-state index in [1.807, 2.05) is 73.0 Å². The number of imidazole rings is 1. The second-order valence-corrected chi connectivity index (χ2v) is 10.8. The van der Waals surface area contributed by atoms with E-state index in [1.54, 1.807) is 4.57 Å². The molecule has 0 saturated heterocycles. The van der Waals surface area contributed by atoms with E-state index in [0.29, 0.717) is 69.6 Å². The molecule has 0 aliphatic carbocycles. The van der Waals surface area contributed by atoms with Gasteiger partial charge in [-0.25, -0.2) is 9.78 Å². The first-order valence-electron chi connectivity index (χ1n) is 15.5. The van der Waals surface area contributed by atoms with Gasteiger partial charge < -0.3 is 20.9 Å². The van der Waals surface area contributed by atoms with Gasteiger partial charge in [-0.1, -0.05) is 68.8 Å². The van der Waals surface area contributed by atoms with Crippen LogP contribution in [0.1, 0.15) is 62.9 Å². The van der Waals surface area contributed by atoms with Gasteiger partial charge in [0, 0.05) is 44.7 Å². The predicted octanol–water partition coefficient (Wildman–Crippen LogP) is 3.67. The Morgan fingerprint density at radius 2 is 1.65 bits per heavy atom. The molecule has 0 spiro atoms. The van der Waals surface area contributed by atoms with Crippen molar-refractivity contribution in [2.75, 3.05) is 25.0 Å². The van der Waals surface area contributed by atoms with Crippen LogP contribution in [-0.2, 0) is 37.3 Å². The van der Waals surface area contributed by atoms with E-state index in [2.05, 4.69) is 10.6 Å². The fourth-order valence-corrected chi connectivity index (χ4v) is 5.39. The van der Waals surface area contributed by atoms with Gasteiger partial charge >= 0.3 is 5.69 Å². The summed E-state index contributed by atoms with van der Waals surface area (Å²) < 4.78 is 4.96. The number of carbonyl (C=O) groups is 1. The Bertz CT molecular complexity index is 1600. The van der Waals surface area contributed by atoms with Crippen molar-refractivity contribution in [1.29, 1.82) is 0 Å². The number of hydrogen-bond donors (Lipinski definition) is 3. The van der Waals surface area contributed by atoms with Crippen molar-refractivity contribution in [3.05, 3.63) is 92.4 Å². The SMILES string of the molecule is CCCn1c(=O)c2c(nc(Cc3ccccc3)n2CCNCC)n(CCc2ccccc2NC(=O)CCCCCN)c1=O. The van der Waals surface area contributed by atoms with Crippen molar-refractivity contribution in [3.8, 4) is 0 Å². The first kappa shape index (κ1) is 31.9. The highest BCUT2D eigenvalue weighted by atomic mass is 16.2. The molecule has 1 amide bonds. The van der Waals surface area contributed by atoms with Gasteiger partial charge in [0.05, 0.1) is 0 Å². The normalized spacial score (nSPS) is 11.3. The number of carbonyl (C=O) groups excluding carboxylic acids is 1. The minimum Gasteiger partial charge on any atom is -0.330 e. The fraction of sp³-hybridized carbons (Fsp3) is 0.455. The number of anilines is 1. The summed E-state index contributed by atoms with van der Waals surface area (Å²) in [5.41, 5.74) is 8.51. The number of unbranched alkanes of at least 4 members (excludes halogenated alkanes) is 2. The van der Waals surface area contributed by atoms with E-state index >= 15 is 0 Å². The number of rotatable bonds is 17. The maximum Gasteiger partial charge on any atom is 0.332 e. The molecule has 0 aliphatic rings. The number of aryl methyl sites for hydroxylation is 2. The quantitative estimate of drug-likeness (QED) is 0.162. The second-order valence-electron chi connectivity index (χ2n) is 10.8. The average Bonchev–Trinajstić information content (AvgIpc) is 3.36. The van der Waals surface area contributed by atoms with Gasteiger partial charge in [0.1, 0.15) is 5.82 Å². The van der Waals surface area contributed by atoms with Crippen molar-refractivity contribution in [2.24, 2.45) is 5.73 Å². The summed E-state index contributed by atoms with van der Waals surface area (Å²) >= 11 is 0. The minimum absolute atomic E-state index is 0.0366. The van der Waals surface area contributed by atoms with Gasteiger partial charge in [0.15, 0.2) is 11.2 Å². The maximum atomic E-state index is 13.8. The molecule has 4 N–H and O–H groups in total. The Hall–Kier alpha value is -4.02. The van der Waals surface area contributed by atoms with Gasteiger partial charge in [-0.05, 0) is 56.0 Å². The lowest BCUT2D eigenvalue weighted by molar-refractivity contribution is -0.116. The van der Waals surface area contributed by atoms with Crippen molar-refractivity contribution in [2.45, 2.75) is 78.4 Å². The van der Waals surface area contributed by atoms with Gasteiger partial charge in [0.2, 0.25) is 5.91 Å². The molecule has 0 atom stereocenters. The van der Waals surface area contributed by atoms with Crippen LogP contribution in [0, 0.1) is 0 Å². The van der Waals surface area contributed by atoms with Crippen LogP contribution in [-0.4, -0.2) is 44.2 Å². The number of fused-ring (bicyclic) bond motifs is 1. The Morgan fingerprint density at radius 3 is 2.40 bits per heavy atom. The molecular weight excluding hydrogens is 542 g/mol. The highest BCUT2D eigenvalue weighted by Crippen LogP contribution is 2.20. The zero-order valence-electron chi connectivity index (χ0n) is 25.5. The summed E-state index contributed by atoms with van der Waals surface area (Å²) in [5.74, 6) is 0.714. The Kier molecular flexibility index (Phi) is 11.9. The van der Waals surface area contributed by atoms with E-state index < -0.39 is 0 Å². The molecule has 2 heterocycles. The third-order valence-corrected chi connectivity index (χ3v) is 7.61. The second kappa shape index (κ2) is 16.0. The number of nitrogens with one attached hydrogen (secondary N) is 2. The summed E-state index contributed by atoms with van der Waals surface area (Å²) in [6.45, 7) is 7.33. The molecule has 10 nitrogen and oxygen atoms in total. The summed E-state index contributed by atoms with van der Waals surface area (Å²) in [5, 5.41) is 6.39. The fourth-order valence-electron chi connectivity index (χ4n) is 5.39. The molecule has 2 aromatic carbocycles. The van der Waals surface area contributed by atoms with Crippen LogP contribution in [0.4, 0.5) is 5.69 Å². The number of para-hydroxylation sites is 1. The van der Waals surface area contributed by atoms with Crippen LogP contribution in [0.15, 0.2) is 64.2 Å². The molecule has 0 saturated carbocycles. The largest absolute Gasteiger partial charge is 0.332 e. The average molecular weight is 588 g/mol. The number of nitrogens with two attached hydrogens (primary N) is 1. The van der Waals surface area contributed by atoms with Crippen LogP contribution in [0.25, 0.3) is 11.2 Å². The Labute approximate surface area is 252 Å². The summed E-state index contributed by atoms with van der Waals surface area (Å²) in [6.07, 6.45) is 4.74. The molecule has 0 radical (unpaired) electrons. The van der Waals surface area contributed by atoms with Crippen LogP contribution in [0.3, 0.4) is 0 Å². The van der Waals surface area contributed by atoms with Crippen molar-refractivity contribution < 1.29 is 4.79 Å². The topological polar surface area (TPSA) is 129 Å². The van der Waals surface area contributed by atoms with Gasteiger partial charge in [-0.2, -0.15) is 0 Å². The number of benzene rings is 2. The Balaban J connectivity index is 1.71. The lowest BCUT2D eigenvalue weighted by Gasteiger charge is -2.14. The number of nitrogens with zero attached hydrogens (tertiary/aromatic N) is 4. The third kappa shape index (κ3) is 8.09. The van der Waals surface area contributed by atoms with E-state index in [9.17, 15) is 14.4 Å². The Morgan fingerprint density at radius 1 is 0.884 bits per heavy atom. The van der Waals surface area contributed by atoms with Crippen molar-refractivity contribution >= 4 is 22.8 Å². The molecule has 4 rings (SSSR count). The molecule has 0 aliphatic heterocycles. The van der Waals surface area contributed by atoms with Crippen LogP contribution in [0.2, 0.25) is 0 Å². The standard InChI is InChI=1S/C33H45N7O3/c1-3-21-40-32(42)30-31(37-28(38(30)23-20-35-4-2)24-25-13-7-5-8-14-25)39(33(40)43)22-18-26-15-10-11-16-27(26)36-29(41)17-9-6-12-19-34/h5,7-8,10-11,13-16,35H,3-4,6,9,12,17-24,34H2,1-2H3,(H,36,41). The van der Waals surface area contributed by atoms with Crippen molar-refractivity contribution in [1.82, 2.24) is 24.0 Å². The molecule has 230 valence electrons. The molecule has 4 aromatic rings. The zero-order chi connectivity index (χ0) is 30.6. The van der Waals surface area contributed by atoms with Crippen LogP contribution >= 0.6 is 0 Å². The highest BCUT2D eigenvalue weighted by Gasteiger charge is 2.22. The number of likely N-dealkylation sites (N-methyl/N-ethyl adjacent to an activating group) is 1. The monoisotopic (exact) mass is 587 g/mol. The minimum atomic E-state index is -0.358. The highest BCUT2D eigenvalue weighted by molar-refractivity contribution is 5.91. The van der Waals surface area contributed by atoms with Crippen LogP contribution < -0.4 is 27.6 Å². The number of hydrogen-bond acceptors (Lipinski definition) is 6. The van der Waals surface area contributed by atoms with E-state index in [-0.39, 0.29) is 17.2 Å². The number of aromatic nitrogens is 4. The van der Waals surface area contributed by atoms with E-state index in [4.69, 9.17) is 10.7 Å². The summed E-state index contributed by atoms with van der Waals surface area (Å²) in [7, 11) is 0. The summed E-state index contributed by atoms with van der Waals surface area (Å²) in [6, 6.07) is 17.7. The van der Waals surface area contributed by atoms with Gasteiger partial charge in [-0.3, -0.25) is 18.7 Å². The van der Waals surface area contributed by atoms with Gasteiger partial charge in [0.25, 0.3) is 5.56 Å². The zero-order valence-corrected chi connectivity index (χ0v) is 25.5. The first-order valence-corrected chi connectivity index (χ1v) is 15.5. The molecule has 0 bridgehead atoms. The first-order chi connectivity index (χ1) is 21.0. The lowest BCUT2D eigenvalue weighted by Crippen LogP contribution is -2.41. The molecule has 10 heteroatoms. The maximum absolute atomic E-state index is 13.8. The lowest BCUT2D eigenvalue weighted by atomic mass is 10.1. The summed E-state index contributed by atoms with van der Waals surface area (Å²) in [4.78, 5) is 45.2.